The molecule has 0 aliphatic heterocycles. The molecule has 5 rings (SSSR count). The molecule has 1 amide bonds. The van der Waals surface area contributed by atoms with Gasteiger partial charge in [0.1, 0.15) is 12.3 Å². The van der Waals surface area contributed by atoms with Crippen molar-refractivity contribution in [1.82, 2.24) is 18.9 Å². The van der Waals surface area contributed by atoms with Crippen molar-refractivity contribution in [2.24, 2.45) is 0 Å². The molecular formula is C24H18ClN5O3. The summed E-state index contributed by atoms with van der Waals surface area (Å²) < 4.78 is 8.38. The normalized spacial score (nSPS) is 11.1. The Hall–Kier alpha value is -4.17. The summed E-state index contributed by atoms with van der Waals surface area (Å²) in [4.78, 5) is 34.8. The van der Waals surface area contributed by atoms with E-state index in [0.717, 1.165) is 0 Å². The van der Waals surface area contributed by atoms with E-state index in [4.69, 9.17) is 21.3 Å². The van der Waals surface area contributed by atoms with E-state index < -0.39 is 0 Å². The molecule has 0 spiro atoms. The summed E-state index contributed by atoms with van der Waals surface area (Å²) in [5.41, 5.74) is 2.88. The fourth-order valence-corrected chi connectivity index (χ4v) is 4.03. The first-order chi connectivity index (χ1) is 16.0. The third-order valence-electron chi connectivity index (χ3n) is 5.25. The van der Waals surface area contributed by atoms with Gasteiger partial charge in [-0.3, -0.25) is 14.6 Å². The van der Waals surface area contributed by atoms with Gasteiger partial charge in [0.25, 0.3) is 5.56 Å². The van der Waals surface area contributed by atoms with Gasteiger partial charge in [-0.05, 0) is 42.5 Å². The van der Waals surface area contributed by atoms with Crippen LogP contribution in [0.2, 0.25) is 5.02 Å². The Balaban J connectivity index is 1.59. The average Bonchev–Trinajstić information content (AvgIpc) is 3.13. The lowest BCUT2D eigenvalue weighted by Crippen LogP contribution is -2.20. The van der Waals surface area contributed by atoms with E-state index in [2.05, 4.69) is 10.3 Å². The highest BCUT2D eigenvalue weighted by atomic mass is 35.5. The fraction of sp³-hybridized carbons (Fsp3) is 0.0833. The molecule has 3 aromatic heterocycles. The van der Waals surface area contributed by atoms with Crippen LogP contribution in [0.1, 0.15) is 0 Å². The molecule has 2 aromatic carbocycles. The van der Waals surface area contributed by atoms with Crippen LogP contribution in [0.15, 0.2) is 77.9 Å². The minimum atomic E-state index is -0.291. The molecule has 0 saturated heterocycles. The van der Waals surface area contributed by atoms with E-state index in [0.29, 0.717) is 44.5 Å². The van der Waals surface area contributed by atoms with Crippen LogP contribution < -0.4 is 15.6 Å². The van der Waals surface area contributed by atoms with Crippen molar-refractivity contribution in [2.75, 3.05) is 12.4 Å². The number of nitrogens with zero attached hydrogens (tertiary/aromatic N) is 4. The molecule has 0 unspecified atom stereocenters. The number of ether oxygens (including phenoxy) is 1. The number of rotatable bonds is 5. The molecule has 3 heterocycles. The van der Waals surface area contributed by atoms with E-state index >= 15 is 0 Å². The second kappa shape index (κ2) is 8.40. The van der Waals surface area contributed by atoms with Gasteiger partial charge < -0.3 is 14.6 Å². The van der Waals surface area contributed by atoms with Gasteiger partial charge >= 0.3 is 0 Å². The van der Waals surface area contributed by atoms with Crippen LogP contribution in [0.3, 0.4) is 0 Å². The number of para-hydroxylation sites is 2. The molecule has 9 heteroatoms. The van der Waals surface area contributed by atoms with E-state index in [9.17, 15) is 9.59 Å². The summed E-state index contributed by atoms with van der Waals surface area (Å²) in [5, 5.41) is 3.23. The third-order valence-corrected chi connectivity index (χ3v) is 5.55. The molecule has 0 fully saturated rings. The fourth-order valence-electron chi connectivity index (χ4n) is 3.77. The number of anilines is 1. The first kappa shape index (κ1) is 20.7. The predicted molar refractivity (Wildman–Crippen MR) is 127 cm³/mol. The Bertz CT molecular complexity index is 1560. The van der Waals surface area contributed by atoms with Crippen molar-refractivity contribution >= 4 is 40.0 Å². The van der Waals surface area contributed by atoms with Crippen molar-refractivity contribution in [2.45, 2.75) is 6.54 Å². The van der Waals surface area contributed by atoms with Gasteiger partial charge in [-0.25, -0.2) is 9.38 Å². The monoisotopic (exact) mass is 459 g/mol. The van der Waals surface area contributed by atoms with Crippen LogP contribution in [0, 0.1) is 0 Å². The van der Waals surface area contributed by atoms with Crippen molar-refractivity contribution in [1.29, 1.82) is 0 Å². The van der Waals surface area contributed by atoms with E-state index in [1.165, 1.54) is 17.6 Å². The number of hydrogen-bond donors (Lipinski definition) is 1. The smallest absolute Gasteiger partial charge is 0.260 e. The number of nitrogens with one attached hydrogen (secondary N) is 1. The number of hydrogen-bond acceptors (Lipinski definition) is 5. The zero-order chi connectivity index (χ0) is 22.9. The number of fused-ring (bicyclic) bond motifs is 3. The molecule has 164 valence electrons. The van der Waals surface area contributed by atoms with Gasteiger partial charge in [0.05, 0.1) is 28.9 Å². The number of pyridine rings is 1. The number of carbonyl (C=O) groups is 1. The highest BCUT2D eigenvalue weighted by Gasteiger charge is 2.17. The Morgan fingerprint density at radius 2 is 1.91 bits per heavy atom. The molecule has 33 heavy (non-hydrogen) atoms. The minimum Gasteiger partial charge on any atom is -0.495 e. The molecular weight excluding hydrogens is 442 g/mol. The molecule has 0 aliphatic carbocycles. The Morgan fingerprint density at radius 1 is 1.09 bits per heavy atom. The molecule has 0 aliphatic rings. The highest BCUT2D eigenvalue weighted by molar-refractivity contribution is 6.32. The van der Waals surface area contributed by atoms with Crippen LogP contribution in [-0.2, 0) is 11.3 Å². The topological polar surface area (TPSA) is 90.5 Å². The molecule has 5 aromatic rings. The Kier molecular flexibility index (Phi) is 5.27. The van der Waals surface area contributed by atoms with Gasteiger partial charge in [0, 0.05) is 29.7 Å². The minimum absolute atomic E-state index is 0.0520. The molecule has 1 N–H and O–H groups in total. The standard InChI is InChI=1S/C24H18ClN5O3/c1-33-21-9-8-16(11-17(21)25)27-22(31)14-29-19-6-2-3-7-20(19)30-23(32)12-18(28-24(29)30)15-5-4-10-26-13-15/h2-13H,14H2,1H3,(H,27,31). The lowest BCUT2D eigenvalue weighted by molar-refractivity contribution is -0.116. The number of aromatic nitrogens is 4. The van der Waals surface area contributed by atoms with Crippen molar-refractivity contribution in [3.05, 3.63) is 88.4 Å². The van der Waals surface area contributed by atoms with Crippen molar-refractivity contribution in [3.63, 3.8) is 0 Å². The first-order valence-electron chi connectivity index (χ1n) is 10.1. The number of amides is 1. The first-order valence-corrected chi connectivity index (χ1v) is 10.5. The Morgan fingerprint density at radius 3 is 2.64 bits per heavy atom. The largest absolute Gasteiger partial charge is 0.495 e. The summed E-state index contributed by atoms with van der Waals surface area (Å²) >= 11 is 6.17. The second-order valence-corrected chi connectivity index (χ2v) is 7.74. The lowest BCUT2D eigenvalue weighted by atomic mass is 10.2. The molecule has 0 saturated carbocycles. The highest BCUT2D eigenvalue weighted by Crippen LogP contribution is 2.27. The van der Waals surface area contributed by atoms with Crippen LogP contribution in [-0.4, -0.2) is 32.0 Å². The van der Waals surface area contributed by atoms with Crippen LogP contribution in [0.4, 0.5) is 5.69 Å². The van der Waals surface area contributed by atoms with E-state index in [-0.39, 0.29) is 18.0 Å². The summed E-state index contributed by atoms with van der Waals surface area (Å²) in [5.74, 6) is 0.592. The van der Waals surface area contributed by atoms with Crippen LogP contribution in [0.5, 0.6) is 5.75 Å². The van der Waals surface area contributed by atoms with E-state index in [1.807, 2.05) is 30.3 Å². The Labute approximate surface area is 193 Å². The SMILES string of the molecule is COc1ccc(NC(=O)Cn2c3ccccc3n3c(=O)cc(-c4cccnc4)nc23)cc1Cl. The average molecular weight is 460 g/mol. The molecule has 0 bridgehead atoms. The maximum absolute atomic E-state index is 13.0. The number of benzene rings is 2. The number of methoxy groups -OCH3 is 1. The second-order valence-electron chi connectivity index (χ2n) is 7.33. The van der Waals surface area contributed by atoms with Crippen LogP contribution in [0.25, 0.3) is 28.1 Å². The number of carbonyl (C=O) groups excluding carboxylic acids is 1. The summed E-state index contributed by atoms with van der Waals surface area (Å²) in [6.45, 7) is -0.0520. The summed E-state index contributed by atoms with van der Waals surface area (Å²) in [7, 11) is 1.52. The van der Waals surface area contributed by atoms with Gasteiger partial charge in [0.2, 0.25) is 11.7 Å². The predicted octanol–water partition coefficient (Wildman–Crippen LogP) is 4.01. The number of halogens is 1. The van der Waals surface area contributed by atoms with Gasteiger partial charge in [-0.2, -0.15) is 0 Å². The summed E-state index contributed by atoms with van der Waals surface area (Å²) in [6.07, 6.45) is 3.30. The van der Waals surface area contributed by atoms with Gasteiger partial charge in [-0.1, -0.05) is 23.7 Å². The molecule has 0 radical (unpaired) electrons. The zero-order valence-corrected chi connectivity index (χ0v) is 18.3. The van der Waals surface area contributed by atoms with Crippen LogP contribution >= 0.6 is 11.6 Å². The maximum Gasteiger partial charge on any atom is 0.260 e. The maximum atomic E-state index is 13.0. The summed E-state index contributed by atoms with van der Waals surface area (Å²) in [6, 6.07) is 17.5. The quantitative estimate of drug-likeness (QED) is 0.429. The number of imidazole rings is 1. The molecule has 0 atom stereocenters. The van der Waals surface area contributed by atoms with Gasteiger partial charge in [-0.15, -0.1) is 0 Å². The zero-order valence-electron chi connectivity index (χ0n) is 17.5. The van der Waals surface area contributed by atoms with Gasteiger partial charge in [0.15, 0.2) is 0 Å². The molecule has 8 nitrogen and oxygen atoms in total. The lowest BCUT2D eigenvalue weighted by Gasteiger charge is -2.10. The van der Waals surface area contributed by atoms with E-state index in [1.54, 1.807) is 41.2 Å². The van der Waals surface area contributed by atoms with Crippen molar-refractivity contribution in [3.8, 4) is 17.0 Å². The third kappa shape index (κ3) is 3.81. The van der Waals surface area contributed by atoms with Crippen molar-refractivity contribution < 1.29 is 9.53 Å².